The Balaban J connectivity index is 1.90. The van der Waals surface area contributed by atoms with E-state index in [1.54, 1.807) is 0 Å². The van der Waals surface area contributed by atoms with E-state index in [1.807, 2.05) is 36.4 Å². The summed E-state index contributed by atoms with van der Waals surface area (Å²) < 4.78 is 0. The van der Waals surface area contributed by atoms with Gasteiger partial charge >= 0.3 is 0 Å². The number of nitrogens with zero attached hydrogens (tertiary/aromatic N) is 1. The van der Waals surface area contributed by atoms with Crippen LogP contribution in [0.2, 0.25) is 0 Å². The number of anilines is 3. The van der Waals surface area contributed by atoms with Crippen LogP contribution in [0.4, 0.5) is 17.1 Å². The molecular formula is C25H30N4. The predicted molar refractivity (Wildman–Crippen MR) is 122 cm³/mol. The van der Waals surface area contributed by atoms with Crippen LogP contribution in [-0.2, 0) is 12.0 Å². The summed E-state index contributed by atoms with van der Waals surface area (Å²) in [7, 11) is 0. The molecule has 0 aromatic heterocycles. The molecule has 0 aliphatic carbocycles. The van der Waals surface area contributed by atoms with Crippen LogP contribution in [0, 0.1) is 0 Å². The Labute approximate surface area is 173 Å². The van der Waals surface area contributed by atoms with Gasteiger partial charge in [0.15, 0.2) is 0 Å². The van der Waals surface area contributed by atoms with Gasteiger partial charge in [0.25, 0.3) is 0 Å². The van der Waals surface area contributed by atoms with E-state index in [0.717, 1.165) is 36.6 Å². The van der Waals surface area contributed by atoms with Crippen LogP contribution in [0.1, 0.15) is 36.0 Å². The summed E-state index contributed by atoms with van der Waals surface area (Å²) in [5.41, 5.74) is 23.9. The zero-order chi connectivity index (χ0) is 20.3. The largest absolute Gasteiger partial charge is 0.399 e. The molecule has 0 amide bonds. The highest BCUT2D eigenvalue weighted by Crippen LogP contribution is 2.41. The van der Waals surface area contributed by atoms with Crippen molar-refractivity contribution in [3.05, 3.63) is 89.5 Å². The lowest BCUT2D eigenvalue weighted by molar-refractivity contribution is 0.0961. The molecule has 0 spiro atoms. The summed E-state index contributed by atoms with van der Waals surface area (Å²) in [4.78, 5) is 2.64. The highest BCUT2D eigenvalue weighted by atomic mass is 15.2. The Hall–Kier alpha value is -2.98. The van der Waals surface area contributed by atoms with Crippen molar-refractivity contribution in [3.8, 4) is 0 Å². The number of hydrogen-bond donors (Lipinski definition) is 3. The number of likely N-dealkylation sites (tertiary alicyclic amines) is 1. The fourth-order valence-corrected chi connectivity index (χ4v) is 4.57. The van der Waals surface area contributed by atoms with Gasteiger partial charge in [-0.15, -0.1) is 0 Å². The van der Waals surface area contributed by atoms with Gasteiger partial charge in [-0.2, -0.15) is 0 Å². The van der Waals surface area contributed by atoms with Crippen LogP contribution in [0.3, 0.4) is 0 Å². The van der Waals surface area contributed by atoms with Crippen molar-refractivity contribution in [1.82, 2.24) is 4.90 Å². The number of nitrogen functional groups attached to an aromatic ring is 3. The molecule has 6 N–H and O–H groups in total. The molecule has 0 radical (unpaired) electrons. The Kier molecular flexibility index (Phi) is 5.45. The molecule has 3 aromatic rings. The van der Waals surface area contributed by atoms with E-state index in [9.17, 15) is 0 Å². The van der Waals surface area contributed by atoms with Crippen molar-refractivity contribution in [1.29, 1.82) is 0 Å². The van der Waals surface area contributed by atoms with Gasteiger partial charge in [0.05, 0.1) is 5.54 Å². The van der Waals surface area contributed by atoms with Crippen LogP contribution < -0.4 is 17.2 Å². The minimum atomic E-state index is -0.280. The molecule has 1 fully saturated rings. The first-order chi connectivity index (χ1) is 14.1. The molecule has 1 saturated heterocycles. The fourth-order valence-electron chi connectivity index (χ4n) is 4.57. The van der Waals surface area contributed by atoms with Gasteiger partial charge in [-0.25, -0.2) is 0 Å². The number of nitrogens with two attached hydrogens (primary N) is 3. The first kappa shape index (κ1) is 19.3. The second-order valence-electron chi connectivity index (χ2n) is 8.07. The molecule has 1 heterocycles. The molecule has 29 heavy (non-hydrogen) atoms. The third-order valence-corrected chi connectivity index (χ3v) is 6.11. The van der Waals surface area contributed by atoms with Crippen molar-refractivity contribution in [2.45, 2.75) is 31.2 Å². The molecule has 0 saturated carbocycles. The minimum absolute atomic E-state index is 0.280. The molecule has 3 aromatic carbocycles. The zero-order valence-corrected chi connectivity index (χ0v) is 16.9. The molecule has 1 aliphatic rings. The van der Waals surface area contributed by atoms with E-state index in [2.05, 4.69) is 41.3 Å². The lowest BCUT2D eigenvalue weighted by Gasteiger charge is -2.47. The minimum Gasteiger partial charge on any atom is -0.399 e. The fraction of sp³-hybridized carbons (Fsp3) is 0.280. The van der Waals surface area contributed by atoms with E-state index >= 15 is 0 Å². The summed E-state index contributed by atoms with van der Waals surface area (Å²) in [5.74, 6) is 0. The second-order valence-corrected chi connectivity index (χ2v) is 8.07. The van der Waals surface area contributed by atoms with E-state index in [1.165, 1.54) is 36.0 Å². The van der Waals surface area contributed by atoms with Crippen molar-refractivity contribution >= 4 is 17.1 Å². The lowest BCUT2D eigenvalue weighted by atomic mass is 9.75. The van der Waals surface area contributed by atoms with E-state index in [0.29, 0.717) is 0 Å². The topological polar surface area (TPSA) is 81.3 Å². The van der Waals surface area contributed by atoms with Crippen molar-refractivity contribution < 1.29 is 0 Å². The maximum atomic E-state index is 6.03. The standard InChI is InChI=1S/C25H30N4/c26-22-10-4-19(5-11-22)18-25(29-16-2-1-3-17-29,20-6-12-23(27)13-7-20)21-8-14-24(28)15-9-21/h4-15H,1-3,16-18,26-28H2. The normalized spacial score (nSPS) is 15.3. The molecule has 0 unspecified atom stereocenters. The second kappa shape index (κ2) is 8.18. The number of benzene rings is 3. The maximum absolute atomic E-state index is 6.03. The predicted octanol–water partition coefficient (Wildman–Crippen LogP) is 4.41. The Morgan fingerprint density at radius 2 is 1.00 bits per heavy atom. The summed E-state index contributed by atoms with van der Waals surface area (Å²) in [6.45, 7) is 2.15. The Bertz CT molecular complexity index is 879. The quantitative estimate of drug-likeness (QED) is 0.568. The van der Waals surface area contributed by atoms with Gasteiger partial charge in [-0.3, -0.25) is 4.90 Å². The third kappa shape index (κ3) is 3.94. The third-order valence-electron chi connectivity index (χ3n) is 6.11. The van der Waals surface area contributed by atoms with E-state index < -0.39 is 0 Å². The van der Waals surface area contributed by atoms with E-state index in [-0.39, 0.29) is 5.54 Å². The van der Waals surface area contributed by atoms with E-state index in [4.69, 9.17) is 17.2 Å². The first-order valence-corrected chi connectivity index (χ1v) is 10.4. The Morgan fingerprint density at radius 3 is 1.45 bits per heavy atom. The Morgan fingerprint density at radius 1 is 0.586 bits per heavy atom. The van der Waals surface area contributed by atoms with Gasteiger partial charge in [0.1, 0.15) is 0 Å². The lowest BCUT2D eigenvalue weighted by Crippen LogP contribution is -2.51. The monoisotopic (exact) mass is 386 g/mol. The summed E-state index contributed by atoms with van der Waals surface area (Å²) in [5, 5.41) is 0. The molecule has 150 valence electrons. The number of rotatable bonds is 5. The summed E-state index contributed by atoms with van der Waals surface area (Å²) in [6.07, 6.45) is 4.58. The first-order valence-electron chi connectivity index (χ1n) is 10.4. The molecule has 0 atom stereocenters. The molecule has 1 aliphatic heterocycles. The van der Waals surface area contributed by atoms with Crippen molar-refractivity contribution in [2.24, 2.45) is 0 Å². The molecule has 0 bridgehead atoms. The summed E-state index contributed by atoms with van der Waals surface area (Å²) in [6, 6.07) is 25.0. The highest BCUT2D eigenvalue weighted by molar-refractivity contribution is 5.50. The molecule has 4 nitrogen and oxygen atoms in total. The van der Waals surface area contributed by atoms with Crippen LogP contribution in [0.5, 0.6) is 0 Å². The smallest absolute Gasteiger partial charge is 0.0756 e. The van der Waals surface area contributed by atoms with Crippen LogP contribution in [0.15, 0.2) is 72.8 Å². The van der Waals surface area contributed by atoms with Gasteiger partial charge in [-0.1, -0.05) is 42.8 Å². The van der Waals surface area contributed by atoms with Crippen LogP contribution >= 0.6 is 0 Å². The van der Waals surface area contributed by atoms with Gasteiger partial charge in [0, 0.05) is 17.1 Å². The zero-order valence-electron chi connectivity index (χ0n) is 16.9. The summed E-state index contributed by atoms with van der Waals surface area (Å²) >= 11 is 0. The van der Waals surface area contributed by atoms with Gasteiger partial charge in [0.2, 0.25) is 0 Å². The van der Waals surface area contributed by atoms with Gasteiger partial charge < -0.3 is 17.2 Å². The van der Waals surface area contributed by atoms with Crippen molar-refractivity contribution in [2.75, 3.05) is 30.3 Å². The molecule has 4 heteroatoms. The van der Waals surface area contributed by atoms with Crippen LogP contribution in [0.25, 0.3) is 0 Å². The van der Waals surface area contributed by atoms with Crippen molar-refractivity contribution in [3.63, 3.8) is 0 Å². The van der Waals surface area contributed by atoms with Gasteiger partial charge in [-0.05, 0) is 85.4 Å². The number of piperidine rings is 1. The average Bonchev–Trinajstić information content (AvgIpc) is 2.75. The van der Waals surface area contributed by atoms with Crippen LogP contribution in [-0.4, -0.2) is 18.0 Å². The SMILES string of the molecule is Nc1ccc(CC(c2ccc(N)cc2)(c2ccc(N)cc2)N2CCCCC2)cc1. The average molecular weight is 387 g/mol. The maximum Gasteiger partial charge on any atom is 0.0756 e. The molecule has 4 rings (SSSR count). The number of hydrogen-bond acceptors (Lipinski definition) is 4. The highest BCUT2D eigenvalue weighted by Gasteiger charge is 2.40. The molecular weight excluding hydrogens is 356 g/mol.